The average Bonchev–Trinajstić information content (AvgIpc) is 2.96. The largest absolute Gasteiger partial charge is 0.361 e. The SMILES string of the molecule is O=S(=O)(NC=CCc1c[nH]c2ccccc12)c1ccccc1. The molecule has 0 aliphatic heterocycles. The molecule has 1 aromatic heterocycles. The number of hydrogen-bond donors (Lipinski definition) is 2. The lowest BCUT2D eigenvalue weighted by atomic mass is 10.1. The molecule has 3 aromatic rings. The van der Waals surface area contributed by atoms with Crippen LogP contribution >= 0.6 is 0 Å². The van der Waals surface area contributed by atoms with Crippen LogP contribution in [0.5, 0.6) is 0 Å². The first-order valence-electron chi connectivity index (χ1n) is 6.94. The summed E-state index contributed by atoms with van der Waals surface area (Å²) in [7, 11) is -3.49. The normalized spacial score (nSPS) is 12.0. The molecule has 0 saturated heterocycles. The number of aromatic amines is 1. The van der Waals surface area contributed by atoms with E-state index >= 15 is 0 Å². The number of para-hydroxylation sites is 1. The first-order valence-corrected chi connectivity index (χ1v) is 8.42. The van der Waals surface area contributed by atoms with Gasteiger partial charge in [0.05, 0.1) is 4.90 Å². The van der Waals surface area contributed by atoms with Gasteiger partial charge in [-0.2, -0.15) is 0 Å². The molecule has 1 heterocycles. The minimum absolute atomic E-state index is 0.256. The van der Waals surface area contributed by atoms with Gasteiger partial charge in [-0.1, -0.05) is 42.5 Å². The third-order valence-corrected chi connectivity index (χ3v) is 4.75. The van der Waals surface area contributed by atoms with Crippen molar-refractivity contribution in [2.24, 2.45) is 0 Å². The maximum absolute atomic E-state index is 12.0. The number of nitrogens with one attached hydrogen (secondary N) is 2. The van der Waals surface area contributed by atoms with Crippen molar-refractivity contribution in [3.8, 4) is 0 Å². The quantitative estimate of drug-likeness (QED) is 0.760. The number of hydrogen-bond acceptors (Lipinski definition) is 2. The van der Waals surface area contributed by atoms with Gasteiger partial charge in [0.15, 0.2) is 0 Å². The van der Waals surface area contributed by atoms with Gasteiger partial charge in [-0.15, -0.1) is 0 Å². The topological polar surface area (TPSA) is 62.0 Å². The lowest BCUT2D eigenvalue weighted by Gasteiger charge is -2.03. The minimum atomic E-state index is -3.49. The second-order valence-corrected chi connectivity index (χ2v) is 6.61. The van der Waals surface area contributed by atoms with Crippen molar-refractivity contribution in [1.29, 1.82) is 0 Å². The molecule has 0 aliphatic rings. The standard InChI is InChI=1S/C17H16N2O2S/c20-22(21,15-8-2-1-3-9-15)19-12-6-7-14-13-18-17-11-5-4-10-16(14)17/h1-6,8-13,18-19H,7H2. The zero-order valence-electron chi connectivity index (χ0n) is 11.9. The second-order valence-electron chi connectivity index (χ2n) is 4.90. The Hall–Kier alpha value is -2.53. The summed E-state index contributed by atoms with van der Waals surface area (Å²) in [5, 5.41) is 1.15. The Kier molecular flexibility index (Phi) is 3.98. The smallest absolute Gasteiger partial charge is 0.261 e. The first kappa shape index (κ1) is 14.4. The summed E-state index contributed by atoms with van der Waals surface area (Å²) < 4.78 is 26.5. The van der Waals surface area contributed by atoms with Crippen LogP contribution in [0.25, 0.3) is 10.9 Å². The highest BCUT2D eigenvalue weighted by Gasteiger charge is 2.10. The molecule has 0 unspecified atom stereocenters. The lowest BCUT2D eigenvalue weighted by Crippen LogP contribution is -2.17. The molecule has 2 aromatic carbocycles. The Morgan fingerprint density at radius 3 is 2.55 bits per heavy atom. The van der Waals surface area contributed by atoms with E-state index in [4.69, 9.17) is 0 Å². The van der Waals surface area contributed by atoms with Gasteiger partial charge in [0, 0.05) is 23.3 Å². The van der Waals surface area contributed by atoms with Crippen LogP contribution in [0.3, 0.4) is 0 Å². The summed E-state index contributed by atoms with van der Waals surface area (Å²) >= 11 is 0. The van der Waals surface area contributed by atoms with Gasteiger partial charge in [-0.05, 0) is 30.2 Å². The second kappa shape index (κ2) is 6.07. The number of allylic oxidation sites excluding steroid dienone is 1. The number of benzene rings is 2. The highest BCUT2D eigenvalue weighted by molar-refractivity contribution is 7.89. The molecule has 5 heteroatoms. The van der Waals surface area contributed by atoms with Crippen molar-refractivity contribution in [3.05, 3.63) is 78.6 Å². The van der Waals surface area contributed by atoms with Gasteiger partial charge in [-0.3, -0.25) is 4.72 Å². The van der Waals surface area contributed by atoms with Crippen LogP contribution in [0.4, 0.5) is 0 Å². The predicted octanol–water partition coefficient (Wildman–Crippen LogP) is 3.20. The predicted molar refractivity (Wildman–Crippen MR) is 87.9 cm³/mol. The number of H-pyrrole nitrogens is 1. The molecule has 0 spiro atoms. The van der Waals surface area contributed by atoms with E-state index in [2.05, 4.69) is 9.71 Å². The first-order chi connectivity index (χ1) is 10.7. The molecule has 0 radical (unpaired) electrons. The van der Waals surface area contributed by atoms with Gasteiger partial charge in [-0.25, -0.2) is 8.42 Å². The number of aromatic nitrogens is 1. The van der Waals surface area contributed by atoms with Crippen molar-refractivity contribution in [2.75, 3.05) is 0 Å². The van der Waals surface area contributed by atoms with E-state index in [1.807, 2.05) is 30.5 Å². The number of rotatable bonds is 5. The molecule has 0 bridgehead atoms. The van der Waals surface area contributed by atoms with E-state index in [1.165, 1.54) is 6.20 Å². The summed E-state index contributed by atoms with van der Waals surface area (Å²) in [6.07, 6.45) is 5.88. The molecular weight excluding hydrogens is 296 g/mol. The molecule has 112 valence electrons. The molecule has 0 atom stereocenters. The van der Waals surface area contributed by atoms with Crippen LogP contribution < -0.4 is 4.72 Å². The number of fused-ring (bicyclic) bond motifs is 1. The number of sulfonamides is 1. The molecule has 0 fully saturated rings. The van der Waals surface area contributed by atoms with Crippen LogP contribution in [-0.2, 0) is 16.4 Å². The fourth-order valence-corrected chi connectivity index (χ4v) is 3.22. The molecule has 22 heavy (non-hydrogen) atoms. The van der Waals surface area contributed by atoms with Crippen LogP contribution in [0.1, 0.15) is 5.56 Å². The molecular formula is C17H16N2O2S. The fourth-order valence-electron chi connectivity index (χ4n) is 2.29. The zero-order chi connectivity index (χ0) is 15.4. The Morgan fingerprint density at radius 2 is 1.73 bits per heavy atom. The lowest BCUT2D eigenvalue weighted by molar-refractivity contribution is 0.590. The Bertz CT molecular complexity index is 897. The Balaban J connectivity index is 1.68. The average molecular weight is 312 g/mol. The van der Waals surface area contributed by atoms with Crippen LogP contribution in [0, 0.1) is 0 Å². The van der Waals surface area contributed by atoms with Crippen LogP contribution in [-0.4, -0.2) is 13.4 Å². The third-order valence-electron chi connectivity index (χ3n) is 3.41. The van der Waals surface area contributed by atoms with E-state index < -0.39 is 10.0 Å². The van der Waals surface area contributed by atoms with Crippen molar-refractivity contribution in [1.82, 2.24) is 9.71 Å². The van der Waals surface area contributed by atoms with Gasteiger partial charge >= 0.3 is 0 Å². The van der Waals surface area contributed by atoms with Gasteiger partial charge in [0.2, 0.25) is 0 Å². The minimum Gasteiger partial charge on any atom is -0.361 e. The van der Waals surface area contributed by atoms with E-state index in [1.54, 1.807) is 36.4 Å². The van der Waals surface area contributed by atoms with E-state index in [-0.39, 0.29) is 4.90 Å². The highest BCUT2D eigenvalue weighted by atomic mass is 32.2. The summed E-state index contributed by atoms with van der Waals surface area (Å²) in [6.45, 7) is 0. The molecule has 0 amide bonds. The Morgan fingerprint density at radius 1 is 1.00 bits per heavy atom. The zero-order valence-corrected chi connectivity index (χ0v) is 12.7. The van der Waals surface area contributed by atoms with Crippen LogP contribution in [0.15, 0.2) is 78.0 Å². The maximum atomic E-state index is 12.0. The molecule has 3 rings (SSSR count). The van der Waals surface area contributed by atoms with E-state index in [0.717, 1.165) is 16.5 Å². The summed E-state index contributed by atoms with van der Waals surface area (Å²) in [6, 6.07) is 16.3. The van der Waals surface area contributed by atoms with Crippen molar-refractivity contribution in [3.63, 3.8) is 0 Å². The van der Waals surface area contributed by atoms with Gasteiger partial charge in [0.25, 0.3) is 10.0 Å². The molecule has 0 saturated carbocycles. The van der Waals surface area contributed by atoms with Gasteiger partial charge < -0.3 is 4.98 Å². The van der Waals surface area contributed by atoms with Crippen molar-refractivity contribution in [2.45, 2.75) is 11.3 Å². The molecule has 4 nitrogen and oxygen atoms in total. The maximum Gasteiger partial charge on any atom is 0.261 e. The summed E-state index contributed by atoms with van der Waals surface area (Å²) in [5.74, 6) is 0. The Labute approximate surface area is 129 Å². The fraction of sp³-hybridized carbons (Fsp3) is 0.0588. The molecule has 2 N–H and O–H groups in total. The van der Waals surface area contributed by atoms with Crippen LogP contribution in [0.2, 0.25) is 0 Å². The van der Waals surface area contributed by atoms with Crippen molar-refractivity contribution < 1.29 is 8.42 Å². The molecule has 0 aliphatic carbocycles. The monoisotopic (exact) mass is 312 g/mol. The van der Waals surface area contributed by atoms with Crippen molar-refractivity contribution >= 4 is 20.9 Å². The van der Waals surface area contributed by atoms with E-state index in [0.29, 0.717) is 6.42 Å². The summed E-state index contributed by atoms with van der Waals surface area (Å²) in [5.41, 5.74) is 2.21. The third kappa shape index (κ3) is 3.04. The van der Waals surface area contributed by atoms with Gasteiger partial charge in [0.1, 0.15) is 0 Å². The summed E-state index contributed by atoms with van der Waals surface area (Å²) in [4.78, 5) is 3.45. The highest BCUT2D eigenvalue weighted by Crippen LogP contribution is 2.18. The van der Waals surface area contributed by atoms with E-state index in [9.17, 15) is 8.42 Å².